The van der Waals surface area contributed by atoms with Crippen LogP contribution in [0.2, 0.25) is 10.0 Å². The van der Waals surface area contributed by atoms with Crippen LogP contribution in [0.1, 0.15) is 18.9 Å². The second-order valence-electron chi connectivity index (χ2n) is 2.53. The van der Waals surface area contributed by atoms with Gasteiger partial charge in [0.25, 0.3) is 0 Å². The van der Waals surface area contributed by atoms with Crippen molar-refractivity contribution in [1.82, 2.24) is 0 Å². The lowest BCUT2D eigenvalue weighted by Crippen LogP contribution is -1.98. The van der Waals surface area contributed by atoms with Crippen molar-refractivity contribution in [2.75, 3.05) is 0 Å². The largest absolute Gasteiger partial charge is 0.411 e. The summed E-state index contributed by atoms with van der Waals surface area (Å²) in [5.74, 6) is 0. The molecule has 1 rings (SSSR count). The Morgan fingerprint density at radius 3 is 2.54 bits per heavy atom. The van der Waals surface area contributed by atoms with Gasteiger partial charge in [-0.2, -0.15) is 0 Å². The molecule has 0 unspecified atom stereocenters. The van der Waals surface area contributed by atoms with E-state index in [0.717, 1.165) is 5.56 Å². The molecule has 13 heavy (non-hydrogen) atoms. The molecule has 1 aromatic rings. The Bertz CT molecular complexity index is 336. The number of benzene rings is 1. The molecule has 0 saturated heterocycles. The third-order valence-corrected chi connectivity index (χ3v) is 2.45. The van der Waals surface area contributed by atoms with Gasteiger partial charge >= 0.3 is 0 Å². The highest BCUT2D eigenvalue weighted by molar-refractivity contribution is 6.42. The minimum absolute atomic E-state index is 0.466. The molecule has 0 aliphatic rings. The molecule has 0 atom stereocenters. The van der Waals surface area contributed by atoms with Crippen LogP contribution in [0.3, 0.4) is 0 Å². The third kappa shape index (κ3) is 2.36. The van der Waals surface area contributed by atoms with E-state index in [0.29, 0.717) is 22.2 Å². The molecule has 0 fully saturated rings. The molecule has 2 nitrogen and oxygen atoms in total. The average Bonchev–Trinajstić information content (AvgIpc) is 2.13. The topological polar surface area (TPSA) is 32.6 Å². The molecule has 1 N–H and O–H groups in total. The van der Waals surface area contributed by atoms with Crippen LogP contribution in [-0.2, 0) is 0 Å². The fourth-order valence-electron chi connectivity index (χ4n) is 1.01. The summed E-state index contributed by atoms with van der Waals surface area (Å²) in [6.07, 6.45) is 0.647. The zero-order valence-electron chi connectivity index (χ0n) is 7.09. The molecule has 0 spiro atoms. The van der Waals surface area contributed by atoms with E-state index in [4.69, 9.17) is 28.4 Å². The van der Waals surface area contributed by atoms with Crippen LogP contribution in [0.4, 0.5) is 0 Å². The molecule has 0 amide bonds. The molecule has 0 saturated carbocycles. The maximum atomic E-state index is 8.65. The van der Waals surface area contributed by atoms with Crippen LogP contribution >= 0.6 is 23.2 Å². The van der Waals surface area contributed by atoms with Gasteiger partial charge in [0, 0.05) is 5.56 Å². The summed E-state index contributed by atoms with van der Waals surface area (Å²) in [6.45, 7) is 1.90. The summed E-state index contributed by atoms with van der Waals surface area (Å²) >= 11 is 11.5. The van der Waals surface area contributed by atoms with Gasteiger partial charge in [-0.3, -0.25) is 0 Å². The fraction of sp³-hybridized carbons (Fsp3) is 0.222. The lowest BCUT2D eigenvalue weighted by molar-refractivity contribution is 0.318. The summed E-state index contributed by atoms with van der Waals surface area (Å²) in [7, 11) is 0. The predicted molar refractivity (Wildman–Crippen MR) is 55.1 cm³/mol. The molecule has 0 aromatic heterocycles. The van der Waals surface area contributed by atoms with Crippen LogP contribution in [0.25, 0.3) is 0 Å². The summed E-state index contributed by atoms with van der Waals surface area (Å²) < 4.78 is 0. The van der Waals surface area contributed by atoms with E-state index in [1.165, 1.54) is 0 Å². The van der Waals surface area contributed by atoms with Crippen LogP contribution in [-0.4, -0.2) is 10.9 Å². The average molecular weight is 218 g/mol. The summed E-state index contributed by atoms with van der Waals surface area (Å²) in [5, 5.41) is 12.8. The molecule has 0 aliphatic carbocycles. The van der Waals surface area contributed by atoms with Gasteiger partial charge in [0.15, 0.2) is 0 Å². The molecular weight excluding hydrogens is 209 g/mol. The van der Waals surface area contributed by atoms with Crippen LogP contribution in [0.5, 0.6) is 0 Å². The Balaban J connectivity index is 3.10. The Morgan fingerprint density at radius 2 is 2.08 bits per heavy atom. The van der Waals surface area contributed by atoms with E-state index >= 15 is 0 Å². The monoisotopic (exact) mass is 217 g/mol. The molecule has 0 bridgehead atoms. The smallest absolute Gasteiger partial charge is 0.0865 e. The number of rotatable bonds is 2. The van der Waals surface area contributed by atoms with Gasteiger partial charge in [-0.15, -0.1) is 0 Å². The molecule has 0 aliphatic heterocycles. The maximum absolute atomic E-state index is 8.65. The Hall–Kier alpha value is -0.730. The van der Waals surface area contributed by atoms with E-state index < -0.39 is 0 Å². The van der Waals surface area contributed by atoms with Gasteiger partial charge in [0.2, 0.25) is 0 Å². The number of hydrogen-bond donors (Lipinski definition) is 1. The highest BCUT2D eigenvalue weighted by atomic mass is 35.5. The SMILES string of the molecule is CC/C(=N\O)c1ccc(Cl)c(Cl)c1. The zero-order valence-corrected chi connectivity index (χ0v) is 8.60. The third-order valence-electron chi connectivity index (χ3n) is 1.71. The fourth-order valence-corrected chi connectivity index (χ4v) is 1.31. The summed E-state index contributed by atoms with van der Waals surface area (Å²) in [5.41, 5.74) is 1.39. The normalized spacial score (nSPS) is 11.8. The van der Waals surface area contributed by atoms with Crippen molar-refractivity contribution in [3.8, 4) is 0 Å². The van der Waals surface area contributed by atoms with Crippen LogP contribution in [0, 0.1) is 0 Å². The predicted octanol–water partition coefficient (Wildman–Crippen LogP) is 3.58. The highest BCUT2D eigenvalue weighted by Gasteiger charge is 2.04. The van der Waals surface area contributed by atoms with Crippen molar-refractivity contribution in [1.29, 1.82) is 0 Å². The summed E-state index contributed by atoms with van der Waals surface area (Å²) in [4.78, 5) is 0. The maximum Gasteiger partial charge on any atom is 0.0865 e. The highest BCUT2D eigenvalue weighted by Crippen LogP contribution is 2.23. The van der Waals surface area contributed by atoms with E-state index in [2.05, 4.69) is 5.16 Å². The molecule has 4 heteroatoms. The standard InChI is InChI=1S/C9H9Cl2NO/c1-2-9(12-13)6-3-4-7(10)8(11)5-6/h3-5,13H,2H2,1H3/b12-9+. The van der Waals surface area contributed by atoms with Gasteiger partial charge in [0.05, 0.1) is 15.8 Å². The van der Waals surface area contributed by atoms with Gasteiger partial charge in [-0.05, 0) is 18.6 Å². The van der Waals surface area contributed by atoms with Crippen molar-refractivity contribution in [2.24, 2.45) is 5.16 Å². The van der Waals surface area contributed by atoms with Crippen molar-refractivity contribution in [3.63, 3.8) is 0 Å². The Kier molecular flexibility index (Phi) is 3.58. The van der Waals surface area contributed by atoms with E-state index in [9.17, 15) is 0 Å². The van der Waals surface area contributed by atoms with Gasteiger partial charge in [0.1, 0.15) is 0 Å². The van der Waals surface area contributed by atoms with Gasteiger partial charge in [-0.25, -0.2) is 0 Å². The number of nitrogens with zero attached hydrogens (tertiary/aromatic N) is 1. The first-order chi connectivity index (χ1) is 6.19. The summed E-state index contributed by atoms with van der Waals surface area (Å²) in [6, 6.07) is 5.13. The minimum atomic E-state index is 0.466. The Morgan fingerprint density at radius 1 is 1.38 bits per heavy atom. The lowest BCUT2D eigenvalue weighted by atomic mass is 10.1. The molecule has 70 valence electrons. The number of oxime groups is 1. The van der Waals surface area contributed by atoms with Crippen molar-refractivity contribution < 1.29 is 5.21 Å². The molecule has 0 heterocycles. The molecular formula is C9H9Cl2NO. The first-order valence-electron chi connectivity index (χ1n) is 3.85. The first kappa shape index (κ1) is 10.4. The minimum Gasteiger partial charge on any atom is -0.411 e. The zero-order chi connectivity index (χ0) is 9.84. The van der Waals surface area contributed by atoms with Crippen molar-refractivity contribution in [2.45, 2.75) is 13.3 Å². The van der Waals surface area contributed by atoms with Gasteiger partial charge < -0.3 is 5.21 Å². The Labute approximate surface area is 86.8 Å². The van der Waals surface area contributed by atoms with Crippen molar-refractivity contribution in [3.05, 3.63) is 33.8 Å². The van der Waals surface area contributed by atoms with Crippen molar-refractivity contribution >= 4 is 28.9 Å². The second-order valence-corrected chi connectivity index (χ2v) is 3.34. The quantitative estimate of drug-likeness (QED) is 0.459. The van der Waals surface area contributed by atoms with E-state index in [-0.39, 0.29) is 0 Å². The molecule has 0 radical (unpaired) electrons. The number of hydrogen-bond acceptors (Lipinski definition) is 2. The molecule has 1 aromatic carbocycles. The van der Waals surface area contributed by atoms with Gasteiger partial charge in [-0.1, -0.05) is 41.3 Å². The number of halogens is 2. The second kappa shape index (κ2) is 4.49. The lowest BCUT2D eigenvalue weighted by Gasteiger charge is -2.02. The van der Waals surface area contributed by atoms with Crippen LogP contribution < -0.4 is 0 Å². The van der Waals surface area contributed by atoms with E-state index in [1.54, 1.807) is 18.2 Å². The van der Waals surface area contributed by atoms with Crippen LogP contribution in [0.15, 0.2) is 23.4 Å². The first-order valence-corrected chi connectivity index (χ1v) is 4.61. The van der Waals surface area contributed by atoms with E-state index in [1.807, 2.05) is 6.92 Å².